The third kappa shape index (κ3) is 2.06. The van der Waals surface area contributed by atoms with E-state index in [-0.39, 0.29) is 0 Å². The maximum absolute atomic E-state index is 4.96. The highest BCUT2D eigenvalue weighted by atomic mass is 15.3. The predicted octanol–water partition coefficient (Wildman–Crippen LogP) is 3.02. The topological polar surface area (TPSA) is 41.1 Å². The Labute approximate surface area is 125 Å². The van der Waals surface area contributed by atoms with Crippen LogP contribution in [-0.4, -0.2) is 29.1 Å². The van der Waals surface area contributed by atoms with E-state index in [9.17, 15) is 0 Å². The highest BCUT2D eigenvalue weighted by Crippen LogP contribution is 2.37. The molecule has 1 atom stereocenters. The zero-order valence-corrected chi connectivity index (χ0v) is 12.6. The molecular weight excluding hydrogens is 260 g/mol. The molecule has 0 amide bonds. The fraction of sp³-hybridized carbons (Fsp3) is 0.412. The van der Waals surface area contributed by atoms with Crippen molar-refractivity contribution in [2.24, 2.45) is 0 Å². The number of hydrogen-bond donors (Lipinski definition) is 1. The van der Waals surface area contributed by atoms with Gasteiger partial charge in [0.2, 0.25) is 0 Å². The van der Waals surface area contributed by atoms with Crippen LogP contribution in [0.25, 0.3) is 11.3 Å². The number of nitrogens with zero attached hydrogens (tertiary/aromatic N) is 3. The second kappa shape index (κ2) is 4.72. The van der Waals surface area contributed by atoms with Gasteiger partial charge in [-0.1, -0.05) is 6.92 Å². The lowest BCUT2D eigenvalue weighted by molar-refractivity contribution is 0.787. The number of nitrogens with one attached hydrogen (secondary N) is 1. The van der Waals surface area contributed by atoms with E-state index in [1.54, 1.807) is 0 Å². The van der Waals surface area contributed by atoms with Gasteiger partial charge in [-0.3, -0.25) is 4.98 Å². The van der Waals surface area contributed by atoms with Crippen LogP contribution in [0.4, 0.5) is 11.5 Å². The summed E-state index contributed by atoms with van der Waals surface area (Å²) in [6.07, 6.45) is 4.07. The van der Waals surface area contributed by atoms with Crippen LogP contribution >= 0.6 is 0 Å². The monoisotopic (exact) mass is 280 g/mol. The standard InChI is InChI=1S/C17H20N4/c1-3-12-9-15-17(19-14-5-7-21(15)10-14)20-16(12)13-4-6-18-11(2)8-13/h4,6,8-9,14H,3,5,7,10H2,1-2H3,(H,19,20). The van der Waals surface area contributed by atoms with Gasteiger partial charge >= 0.3 is 0 Å². The fourth-order valence-corrected chi connectivity index (χ4v) is 3.39. The van der Waals surface area contributed by atoms with Crippen LogP contribution in [-0.2, 0) is 6.42 Å². The van der Waals surface area contributed by atoms with Crippen molar-refractivity contribution < 1.29 is 0 Å². The smallest absolute Gasteiger partial charge is 0.150 e. The van der Waals surface area contributed by atoms with Crippen molar-refractivity contribution in [3.8, 4) is 11.3 Å². The van der Waals surface area contributed by atoms with E-state index in [1.807, 2.05) is 13.1 Å². The molecule has 4 rings (SSSR count). The van der Waals surface area contributed by atoms with Crippen molar-refractivity contribution in [3.05, 3.63) is 35.7 Å². The van der Waals surface area contributed by atoms with Crippen molar-refractivity contribution in [2.75, 3.05) is 23.3 Å². The first kappa shape index (κ1) is 12.6. The van der Waals surface area contributed by atoms with E-state index in [2.05, 4.69) is 40.3 Å². The summed E-state index contributed by atoms with van der Waals surface area (Å²) in [5, 5.41) is 3.60. The van der Waals surface area contributed by atoms with Crippen LogP contribution in [0, 0.1) is 6.92 Å². The number of fused-ring (bicyclic) bond motifs is 4. The summed E-state index contributed by atoms with van der Waals surface area (Å²) in [5.41, 5.74) is 5.88. The molecular formula is C17H20N4. The highest BCUT2D eigenvalue weighted by molar-refractivity contribution is 5.77. The number of aromatic nitrogens is 2. The Morgan fingerprint density at radius 2 is 2.29 bits per heavy atom. The minimum Gasteiger partial charge on any atom is -0.366 e. The molecule has 108 valence electrons. The molecule has 2 aromatic rings. The molecule has 0 radical (unpaired) electrons. The third-order valence-electron chi connectivity index (χ3n) is 4.50. The molecule has 2 aromatic heterocycles. The molecule has 21 heavy (non-hydrogen) atoms. The van der Waals surface area contributed by atoms with Crippen LogP contribution in [0.5, 0.6) is 0 Å². The molecule has 1 fully saturated rings. The molecule has 4 heteroatoms. The Balaban J connectivity index is 1.86. The van der Waals surface area contributed by atoms with Crippen molar-refractivity contribution in [1.29, 1.82) is 0 Å². The maximum atomic E-state index is 4.96. The maximum Gasteiger partial charge on any atom is 0.150 e. The van der Waals surface area contributed by atoms with E-state index < -0.39 is 0 Å². The molecule has 4 heterocycles. The van der Waals surface area contributed by atoms with E-state index in [1.165, 1.54) is 17.7 Å². The molecule has 0 saturated carbocycles. The van der Waals surface area contributed by atoms with Crippen LogP contribution < -0.4 is 10.2 Å². The molecule has 1 unspecified atom stereocenters. The molecule has 0 aromatic carbocycles. The zero-order chi connectivity index (χ0) is 14.4. The molecule has 2 bridgehead atoms. The second-order valence-corrected chi connectivity index (χ2v) is 5.98. The van der Waals surface area contributed by atoms with Gasteiger partial charge in [0.25, 0.3) is 0 Å². The molecule has 1 N–H and O–H groups in total. The Hall–Kier alpha value is -2.10. The Morgan fingerprint density at radius 3 is 3.10 bits per heavy atom. The first-order valence-corrected chi connectivity index (χ1v) is 7.73. The number of pyridine rings is 2. The second-order valence-electron chi connectivity index (χ2n) is 5.98. The number of hydrogen-bond acceptors (Lipinski definition) is 4. The summed E-state index contributed by atoms with van der Waals surface area (Å²) in [7, 11) is 0. The predicted molar refractivity (Wildman–Crippen MR) is 85.8 cm³/mol. The SMILES string of the molecule is CCc1cc2c(nc1-c1ccnc(C)c1)NC1CCN2C1. The first-order valence-electron chi connectivity index (χ1n) is 7.73. The summed E-state index contributed by atoms with van der Waals surface area (Å²) in [6.45, 7) is 6.48. The zero-order valence-electron chi connectivity index (χ0n) is 12.6. The van der Waals surface area contributed by atoms with Gasteiger partial charge < -0.3 is 10.2 Å². The largest absolute Gasteiger partial charge is 0.366 e. The lowest BCUT2D eigenvalue weighted by atomic mass is 10.0. The van der Waals surface area contributed by atoms with Crippen molar-refractivity contribution in [2.45, 2.75) is 32.7 Å². The normalized spacial score (nSPS) is 19.3. The third-order valence-corrected chi connectivity index (χ3v) is 4.50. The van der Waals surface area contributed by atoms with Crippen molar-refractivity contribution in [3.63, 3.8) is 0 Å². The molecule has 0 spiro atoms. The average Bonchev–Trinajstić information content (AvgIpc) is 2.89. The number of rotatable bonds is 2. The lowest BCUT2D eigenvalue weighted by Crippen LogP contribution is -2.32. The summed E-state index contributed by atoms with van der Waals surface area (Å²) in [5.74, 6) is 1.05. The molecule has 2 aliphatic rings. The quantitative estimate of drug-likeness (QED) is 0.918. The van der Waals surface area contributed by atoms with Gasteiger partial charge in [0, 0.05) is 36.6 Å². The van der Waals surface area contributed by atoms with E-state index in [0.29, 0.717) is 6.04 Å². The summed E-state index contributed by atoms with van der Waals surface area (Å²) < 4.78 is 0. The number of aryl methyl sites for hydroxylation is 2. The Kier molecular flexibility index (Phi) is 2.84. The minimum atomic E-state index is 0.560. The summed E-state index contributed by atoms with van der Waals surface area (Å²) in [6, 6.07) is 7.05. The summed E-state index contributed by atoms with van der Waals surface area (Å²) >= 11 is 0. The molecule has 4 nitrogen and oxygen atoms in total. The van der Waals surface area contributed by atoms with Gasteiger partial charge in [0.05, 0.1) is 11.4 Å². The molecule has 2 aliphatic heterocycles. The average molecular weight is 280 g/mol. The van der Waals surface area contributed by atoms with Gasteiger partial charge in [-0.05, 0) is 43.5 Å². The van der Waals surface area contributed by atoms with Crippen LogP contribution in [0.3, 0.4) is 0 Å². The minimum absolute atomic E-state index is 0.560. The molecule has 0 aliphatic carbocycles. The first-order chi connectivity index (χ1) is 10.2. The van der Waals surface area contributed by atoms with Gasteiger partial charge in [-0.2, -0.15) is 0 Å². The molecule has 1 saturated heterocycles. The van der Waals surface area contributed by atoms with E-state index in [4.69, 9.17) is 4.98 Å². The van der Waals surface area contributed by atoms with E-state index >= 15 is 0 Å². The van der Waals surface area contributed by atoms with Crippen molar-refractivity contribution in [1.82, 2.24) is 9.97 Å². The van der Waals surface area contributed by atoms with Gasteiger partial charge in [-0.25, -0.2) is 4.98 Å². The van der Waals surface area contributed by atoms with Gasteiger partial charge in [0.15, 0.2) is 5.82 Å². The summed E-state index contributed by atoms with van der Waals surface area (Å²) in [4.78, 5) is 11.7. The van der Waals surface area contributed by atoms with Gasteiger partial charge in [0.1, 0.15) is 0 Å². The van der Waals surface area contributed by atoms with Gasteiger partial charge in [-0.15, -0.1) is 0 Å². The van der Waals surface area contributed by atoms with Crippen LogP contribution in [0.1, 0.15) is 24.6 Å². The Bertz CT molecular complexity index is 695. The van der Waals surface area contributed by atoms with Crippen LogP contribution in [0.15, 0.2) is 24.4 Å². The van der Waals surface area contributed by atoms with Crippen molar-refractivity contribution >= 4 is 11.5 Å². The van der Waals surface area contributed by atoms with Crippen LogP contribution in [0.2, 0.25) is 0 Å². The Morgan fingerprint density at radius 1 is 1.38 bits per heavy atom. The highest BCUT2D eigenvalue weighted by Gasteiger charge is 2.31. The van der Waals surface area contributed by atoms with E-state index in [0.717, 1.165) is 42.3 Å². The number of anilines is 2. The fourth-order valence-electron chi connectivity index (χ4n) is 3.39. The lowest BCUT2D eigenvalue weighted by Gasteiger charge is -2.29.